The predicted molar refractivity (Wildman–Crippen MR) is 90.9 cm³/mol. The van der Waals surface area contributed by atoms with Crippen molar-refractivity contribution in [3.63, 3.8) is 0 Å². The summed E-state index contributed by atoms with van der Waals surface area (Å²) in [5.74, 6) is -1.12. The molecule has 0 saturated carbocycles. The van der Waals surface area contributed by atoms with Gasteiger partial charge in [-0.2, -0.15) is 8.42 Å². The number of amides is 1. The van der Waals surface area contributed by atoms with Gasteiger partial charge >= 0.3 is 10.2 Å². The first kappa shape index (κ1) is 17.2. The summed E-state index contributed by atoms with van der Waals surface area (Å²) >= 11 is 0. The van der Waals surface area contributed by atoms with Crippen molar-refractivity contribution in [3.05, 3.63) is 29.8 Å². The number of para-hydroxylation sites is 1. The van der Waals surface area contributed by atoms with Gasteiger partial charge in [-0.3, -0.25) is 4.79 Å². The first-order valence-electron chi connectivity index (χ1n) is 8.45. The van der Waals surface area contributed by atoms with Crippen molar-refractivity contribution >= 4 is 21.8 Å². The van der Waals surface area contributed by atoms with Crippen LogP contribution in [0.3, 0.4) is 0 Å². The van der Waals surface area contributed by atoms with Gasteiger partial charge in [0.05, 0.1) is 5.75 Å². The molecular weight excluding hydrogens is 331 g/mol. The molecule has 0 N–H and O–H groups in total. The lowest BCUT2D eigenvalue weighted by Crippen LogP contribution is -2.32. The van der Waals surface area contributed by atoms with E-state index in [1.165, 1.54) is 19.3 Å². The highest BCUT2D eigenvalue weighted by molar-refractivity contribution is 7.86. The van der Waals surface area contributed by atoms with Crippen molar-refractivity contribution < 1.29 is 17.1 Å². The zero-order valence-corrected chi connectivity index (χ0v) is 14.5. The fourth-order valence-electron chi connectivity index (χ4n) is 3.69. The SMILES string of the molecule is O=C1CC(CS(=O)(=O)F)CN1Cc1ccccc1N1CCCCC1. The first-order chi connectivity index (χ1) is 11.4. The Hall–Kier alpha value is -1.63. The van der Waals surface area contributed by atoms with E-state index in [0.717, 1.165) is 24.3 Å². The fourth-order valence-corrected chi connectivity index (χ4v) is 4.48. The van der Waals surface area contributed by atoms with Crippen molar-refractivity contribution in [1.29, 1.82) is 0 Å². The number of nitrogens with zero attached hydrogens (tertiary/aromatic N) is 2. The van der Waals surface area contributed by atoms with Crippen molar-refractivity contribution in [2.45, 2.75) is 32.2 Å². The predicted octanol–water partition coefficient (Wildman–Crippen LogP) is 2.32. The lowest BCUT2D eigenvalue weighted by atomic mass is 10.1. The molecule has 24 heavy (non-hydrogen) atoms. The van der Waals surface area contributed by atoms with Crippen LogP contribution in [0.5, 0.6) is 0 Å². The zero-order chi connectivity index (χ0) is 17.2. The van der Waals surface area contributed by atoms with Crippen LogP contribution >= 0.6 is 0 Å². The first-order valence-corrected chi connectivity index (χ1v) is 10.0. The summed E-state index contributed by atoms with van der Waals surface area (Å²) < 4.78 is 34.5. The maximum Gasteiger partial charge on any atom is 0.302 e. The molecule has 0 bridgehead atoms. The van der Waals surface area contributed by atoms with E-state index in [2.05, 4.69) is 11.0 Å². The van der Waals surface area contributed by atoms with Crippen molar-refractivity contribution in [3.8, 4) is 0 Å². The molecule has 2 aliphatic heterocycles. The lowest BCUT2D eigenvalue weighted by molar-refractivity contribution is -0.128. The number of halogens is 1. The highest BCUT2D eigenvalue weighted by Gasteiger charge is 2.33. The minimum absolute atomic E-state index is 0.0999. The number of piperidine rings is 1. The molecule has 1 amide bonds. The second-order valence-electron chi connectivity index (χ2n) is 6.73. The Balaban J connectivity index is 1.71. The molecule has 3 rings (SSSR count). The monoisotopic (exact) mass is 354 g/mol. The summed E-state index contributed by atoms with van der Waals surface area (Å²) in [6.07, 6.45) is 3.71. The van der Waals surface area contributed by atoms with Crippen LogP contribution < -0.4 is 4.90 Å². The van der Waals surface area contributed by atoms with E-state index in [9.17, 15) is 17.1 Å². The highest BCUT2D eigenvalue weighted by atomic mass is 32.3. The van der Waals surface area contributed by atoms with E-state index in [4.69, 9.17) is 0 Å². The Bertz CT molecular complexity index is 702. The van der Waals surface area contributed by atoms with Crippen molar-refractivity contribution in [2.75, 3.05) is 30.3 Å². The standard InChI is InChI=1S/C17H23FN2O3S/c18-24(22,23)13-14-10-17(21)20(11-14)12-15-6-2-3-7-16(15)19-8-4-1-5-9-19/h2-3,6-7,14H,1,4-5,8-13H2. The third-order valence-corrected chi connectivity index (χ3v) is 5.65. The average molecular weight is 354 g/mol. The van der Waals surface area contributed by atoms with Gasteiger partial charge in [0, 0.05) is 44.2 Å². The quantitative estimate of drug-likeness (QED) is 0.762. The Morgan fingerprint density at radius 2 is 1.83 bits per heavy atom. The second kappa shape index (κ2) is 7.09. The molecule has 2 fully saturated rings. The van der Waals surface area contributed by atoms with E-state index in [1.54, 1.807) is 4.90 Å². The summed E-state index contributed by atoms with van der Waals surface area (Å²) in [7, 11) is -4.54. The van der Waals surface area contributed by atoms with E-state index in [1.807, 2.05) is 18.2 Å². The van der Waals surface area contributed by atoms with E-state index in [0.29, 0.717) is 13.1 Å². The molecule has 0 radical (unpaired) electrons. The Labute approximate surface area is 142 Å². The van der Waals surface area contributed by atoms with Gasteiger partial charge in [0.1, 0.15) is 0 Å². The summed E-state index contributed by atoms with van der Waals surface area (Å²) in [5.41, 5.74) is 2.21. The molecule has 1 unspecified atom stereocenters. The van der Waals surface area contributed by atoms with Crippen LogP contribution in [0.4, 0.5) is 9.57 Å². The molecule has 132 valence electrons. The number of benzene rings is 1. The highest BCUT2D eigenvalue weighted by Crippen LogP contribution is 2.28. The molecule has 0 aromatic heterocycles. The van der Waals surface area contributed by atoms with Gasteiger partial charge in [-0.25, -0.2) is 0 Å². The molecule has 2 aliphatic rings. The van der Waals surface area contributed by atoms with E-state index >= 15 is 0 Å². The molecule has 0 spiro atoms. The smallest absolute Gasteiger partial charge is 0.302 e. The minimum atomic E-state index is -4.54. The van der Waals surface area contributed by atoms with E-state index in [-0.39, 0.29) is 12.3 Å². The van der Waals surface area contributed by atoms with Crippen molar-refractivity contribution in [1.82, 2.24) is 4.90 Å². The van der Waals surface area contributed by atoms with Crippen LogP contribution in [0, 0.1) is 5.92 Å². The van der Waals surface area contributed by atoms with Gasteiger partial charge in [-0.15, -0.1) is 3.89 Å². The Kier molecular flexibility index (Phi) is 5.08. The second-order valence-corrected chi connectivity index (χ2v) is 8.14. The minimum Gasteiger partial charge on any atom is -0.371 e. The molecule has 1 aromatic rings. The third-order valence-electron chi connectivity index (χ3n) is 4.78. The number of carbonyl (C=O) groups excluding carboxylic acids is 1. The topological polar surface area (TPSA) is 57.7 Å². The van der Waals surface area contributed by atoms with Gasteiger partial charge in [-0.1, -0.05) is 18.2 Å². The van der Waals surface area contributed by atoms with Gasteiger partial charge < -0.3 is 9.80 Å². The molecule has 7 heteroatoms. The molecule has 5 nitrogen and oxygen atoms in total. The van der Waals surface area contributed by atoms with Crippen LogP contribution in [0.15, 0.2) is 24.3 Å². The molecule has 2 heterocycles. The van der Waals surface area contributed by atoms with Crippen LogP contribution in [-0.4, -0.2) is 44.6 Å². The lowest BCUT2D eigenvalue weighted by Gasteiger charge is -2.31. The van der Waals surface area contributed by atoms with Gasteiger partial charge in [0.25, 0.3) is 0 Å². The van der Waals surface area contributed by atoms with Gasteiger partial charge in [-0.05, 0) is 30.9 Å². The normalized spacial score (nSPS) is 22.2. The summed E-state index contributed by atoms with van der Waals surface area (Å²) in [5, 5.41) is 0. The molecule has 1 atom stereocenters. The number of likely N-dealkylation sites (tertiary alicyclic amines) is 1. The van der Waals surface area contributed by atoms with Gasteiger partial charge in [0.15, 0.2) is 0 Å². The summed E-state index contributed by atoms with van der Waals surface area (Å²) in [6, 6.07) is 8.03. The van der Waals surface area contributed by atoms with Crippen LogP contribution in [0.1, 0.15) is 31.2 Å². The summed E-state index contributed by atoms with van der Waals surface area (Å²) in [6.45, 7) is 2.80. The molecule has 1 aromatic carbocycles. The number of rotatable bonds is 5. The van der Waals surface area contributed by atoms with Gasteiger partial charge in [0.2, 0.25) is 5.91 Å². The van der Waals surface area contributed by atoms with Crippen LogP contribution in [0.25, 0.3) is 0 Å². The third kappa shape index (κ3) is 4.26. The average Bonchev–Trinajstić information content (AvgIpc) is 2.86. The fraction of sp³-hybridized carbons (Fsp3) is 0.588. The Morgan fingerprint density at radius 3 is 2.54 bits per heavy atom. The largest absolute Gasteiger partial charge is 0.371 e. The molecular formula is C17H23FN2O3S. The molecule has 0 aliphatic carbocycles. The van der Waals surface area contributed by atoms with Crippen molar-refractivity contribution in [2.24, 2.45) is 5.92 Å². The number of hydrogen-bond donors (Lipinski definition) is 0. The number of anilines is 1. The zero-order valence-electron chi connectivity index (χ0n) is 13.7. The maximum atomic E-state index is 12.9. The number of hydrogen-bond acceptors (Lipinski definition) is 4. The van der Waals surface area contributed by atoms with Crippen LogP contribution in [0.2, 0.25) is 0 Å². The number of carbonyl (C=O) groups is 1. The Morgan fingerprint density at radius 1 is 1.12 bits per heavy atom. The maximum absolute atomic E-state index is 12.9. The van der Waals surface area contributed by atoms with E-state index < -0.39 is 21.9 Å². The molecule has 2 saturated heterocycles. The summed E-state index contributed by atoms with van der Waals surface area (Å²) in [4.78, 5) is 16.2. The van der Waals surface area contributed by atoms with Crippen LogP contribution in [-0.2, 0) is 21.6 Å².